The number of hydrogen-bond donors (Lipinski definition) is 4. The molecular weight excluding hydrogens is 258 g/mol. The predicted octanol–water partition coefficient (Wildman–Crippen LogP) is 0.739. The second-order valence-electron chi connectivity index (χ2n) is 5.06. The van der Waals surface area contributed by atoms with Gasteiger partial charge in [-0.25, -0.2) is 0 Å². The first-order valence-electron chi connectivity index (χ1n) is 6.44. The Kier molecular flexibility index (Phi) is 5.52. The topological polar surface area (TPSA) is 104 Å². The Morgan fingerprint density at radius 2 is 2.00 bits per heavy atom. The molecule has 0 heterocycles. The summed E-state index contributed by atoms with van der Waals surface area (Å²) >= 11 is 0. The molecule has 0 aromatic heterocycles. The third-order valence-corrected chi connectivity index (χ3v) is 2.87. The average molecular weight is 279 g/mol. The highest BCUT2D eigenvalue weighted by Gasteiger charge is 2.17. The van der Waals surface area contributed by atoms with Crippen molar-refractivity contribution in [1.82, 2.24) is 5.32 Å². The molecule has 0 aliphatic carbocycles. The molecule has 0 unspecified atom stereocenters. The first kappa shape index (κ1) is 16.0. The summed E-state index contributed by atoms with van der Waals surface area (Å²) in [6, 6.07) is 4.23. The number of rotatable bonds is 5. The molecule has 1 aromatic carbocycles. The molecule has 2 amide bonds. The third-order valence-electron chi connectivity index (χ3n) is 2.87. The van der Waals surface area contributed by atoms with Crippen molar-refractivity contribution in [2.75, 3.05) is 11.9 Å². The van der Waals surface area contributed by atoms with Crippen LogP contribution in [0.1, 0.15) is 19.4 Å². The maximum Gasteiger partial charge on any atom is 0.243 e. The fourth-order valence-electron chi connectivity index (χ4n) is 1.53. The van der Waals surface area contributed by atoms with Gasteiger partial charge in [0.25, 0.3) is 0 Å². The van der Waals surface area contributed by atoms with Crippen LogP contribution in [-0.2, 0) is 9.59 Å². The lowest BCUT2D eigenvalue weighted by molar-refractivity contribution is -0.125. The molecule has 0 spiro atoms. The fourth-order valence-corrected chi connectivity index (χ4v) is 1.53. The van der Waals surface area contributed by atoms with Gasteiger partial charge in [-0.05, 0) is 30.5 Å². The molecule has 1 rings (SSSR count). The van der Waals surface area contributed by atoms with Gasteiger partial charge in [0.15, 0.2) is 0 Å². The van der Waals surface area contributed by atoms with Crippen molar-refractivity contribution in [2.45, 2.75) is 26.8 Å². The molecule has 6 nitrogen and oxygen atoms in total. The summed E-state index contributed by atoms with van der Waals surface area (Å²) in [5.41, 5.74) is 6.88. The maximum atomic E-state index is 11.7. The number of aryl methyl sites for hydroxylation is 1. The molecule has 0 radical (unpaired) electrons. The first-order valence-corrected chi connectivity index (χ1v) is 6.44. The average Bonchev–Trinajstić information content (AvgIpc) is 2.39. The second-order valence-corrected chi connectivity index (χ2v) is 5.06. The van der Waals surface area contributed by atoms with Crippen molar-refractivity contribution in [3.05, 3.63) is 23.8 Å². The van der Waals surface area contributed by atoms with Crippen LogP contribution in [0.5, 0.6) is 5.75 Å². The maximum absolute atomic E-state index is 11.7. The number of phenols is 1. The van der Waals surface area contributed by atoms with Gasteiger partial charge in [0, 0.05) is 0 Å². The van der Waals surface area contributed by atoms with Crippen LogP contribution >= 0.6 is 0 Å². The van der Waals surface area contributed by atoms with E-state index in [1.165, 1.54) is 6.07 Å². The molecule has 0 saturated carbocycles. The van der Waals surface area contributed by atoms with Gasteiger partial charge in [0.2, 0.25) is 11.8 Å². The first-order chi connectivity index (χ1) is 9.31. The van der Waals surface area contributed by atoms with E-state index in [9.17, 15) is 14.7 Å². The van der Waals surface area contributed by atoms with Crippen molar-refractivity contribution in [1.29, 1.82) is 0 Å². The summed E-state index contributed by atoms with van der Waals surface area (Å²) in [5.74, 6) is -0.813. The lowest BCUT2D eigenvalue weighted by Gasteiger charge is -2.15. The van der Waals surface area contributed by atoms with Crippen LogP contribution in [0.3, 0.4) is 0 Å². The van der Waals surface area contributed by atoms with E-state index in [0.717, 1.165) is 5.56 Å². The van der Waals surface area contributed by atoms with Crippen molar-refractivity contribution in [3.8, 4) is 5.75 Å². The van der Waals surface area contributed by atoms with Gasteiger partial charge < -0.3 is 21.5 Å². The Bertz CT molecular complexity index is 500. The van der Waals surface area contributed by atoms with E-state index < -0.39 is 11.9 Å². The Hall–Kier alpha value is -2.08. The summed E-state index contributed by atoms with van der Waals surface area (Å²) < 4.78 is 0. The van der Waals surface area contributed by atoms with Crippen molar-refractivity contribution < 1.29 is 14.7 Å². The van der Waals surface area contributed by atoms with E-state index in [1.54, 1.807) is 12.1 Å². The van der Waals surface area contributed by atoms with Gasteiger partial charge in [-0.15, -0.1) is 0 Å². The summed E-state index contributed by atoms with van der Waals surface area (Å²) in [7, 11) is 0. The van der Waals surface area contributed by atoms with Crippen LogP contribution < -0.4 is 16.4 Å². The largest absolute Gasteiger partial charge is 0.506 e. The zero-order valence-corrected chi connectivity index (χ0v) is 11.9. The monoisotopic (exact) mass is 279 g/mol. The predicted molar refractivity (Wildman–Crippen MR) is 77.3 cm³/mol. The molecule has 0 saturated heterocycles. The van der Waals surface area contributed by atoms with Crippen LogP contribution in [0.4, 0.5) is 5.69 Å². The molecule has 6 heteroatoms. The lowest BCUT2D eigenvalue weighted by Crippen LogP contribution is -2.46. The number of carbonyl (C=O) groups excluding carboxylic acids is 2. The normalized spacial score (nSPS) is 12.1. The molecule has 1 atom stereocenters. The Morgan fingerprint density at radius 1 is 1.35 bits per heavy atom. The van der Waals surface area contributed by atoms with E-state index in [-0.39, 0.29) is 24.1 Å². The SMILES string of the molecule is Cc1ccc(O)c(NC(=O)CNC(=O)[C@@H](N)C(C)C)c1. The minimum atomic E-state index is -0.643. The molecule has 5 N–H and O–H groups in total. The van der Waals surface area contributed by atoms with E-state index in [0.29, 0.717) is 5.69 Å². The molecular formula is C14H21N3O3. The van der Waals surface area contributed by atoms with Gasteiger partial charge in [0.1, 0.15) is 5.75 Å². The van der Waals surface area contributed by atoms with Crippen molar-refractivity contribution >= 4 is 17.5 Å². The van der Waals surface area contributed by atoms with Crippen LogP contribution in [-0.4, -0.2) is 29.5 Å². The minimum Gasteiger partial charge on any atom is -0.506 e. The minimum absolute atomic E-state index is 0.00104. The van der Waals surface area contributed by atoms with Crippen molar-refractivity contribution in [2.24, 2.45) is 11.7 Å². The van der Waals surface area contributed by atoms with E-state index in [1.807, 2.05) is 20.8 Å². The van der Waals surface area contributed by atoms with E-state index in [4.69, 9.17) is 5.73 Å². The highest BCUT2D eigenvalue weighted by Crippen LogP contribution is 2.23. The van der Waals surface area contributed by atoms with Crippen LogP contribution in [0.2, 0.25) is 0 Å². The molecule has 0 aliphatic heterocycles. The summed E-state index contributed by atoms with van der Waals surface area (Å²) in [4.78, 5) is 23.3. The number of hydrogen-bond acceptors (Lipinski definition) is 4. The molecule has 20 heavy (non-hydrogen) atoms. The van der Waals surface area contributed by atoms with Crippen LogP contribution in [0, 0.1) is 12.8 Å². The summed E-state index contributed by atoms with van der Waals surface area (Å²) in [6.07, 6.45) is 0. The molecule has 0 fully saturated rings. The number of benzene rings is 1. The van der Waals surface area contributed by atoms with Crippen LogP contribution in [0.15, 0.2) is 18.2 Å². The Morgan fingerprint density at radius 3 is 2.60 bits per heavy atom. The molecule has 110 valence electrons. The highest BCUT2D eigenvalue weighted by molar-refractivity contribution is 5.96. The molecule has 0 aliphatic rings. The number of anilines is 1. The fraction of sp³-hybridized carbons (Fsp3) is 0.429. The zero-order chi connectivity index (χ0) is 15.3. The number of nitrogens with one attached hydrogen (secondary N) is 2. The number of phenolic OH excluding ortho intramolecular Hbond substituents is 1. The standard InChI is InChI=1S/C14H21N3O3/c1-8(2)13(15)14(20)16-7-12(19)17-10-6-9(3)4-5-11(10)18/h4-6,8,13,18H,7,15H2,1-3H3,(H,16,20)(H,17,19)/t13-/m0/s1. The smallest absolute Gasteiger partial charge is 0.243 e. The van der Waals surface area contributed by atoms with Crippen LogP contribution in [0.25, 0.3) is 0 Å². The van der Waals surface area contributed by atoms with Gasteiger partial charge in [0.05, 0.1) is 18.3 Å². The second kappa shape index (κ2) is 6.91. The van der Waals surface area contributed by atoms with Gasteiger partial charge in [-0.3, -0.25) is 9.59 Å². The number of carbonyl (C=O) groups is 2. The highest BCUT2D eigenvalue weighted by atomic mass is 16.3. The molecule has 1 aromatic rings. The van der Waals surface area contributed by atoms with Crippen molar-refractivity contribution in [3.63, 3.8) is 0 Å². The zero-order valence-electron chi connectivity index (χ0n) is 11.9. The van der Waals surface area contributed by atoms with Gasteiger partial charge >= 0.3 is 0 Å². The van der Waals surface area contributed by atoms with Gasteiger partial charge in [-0.2, -0.15) is 0 Å². The third kappa shape index (κ3) is 4.55. The number of nitrogens with two attached hydrogens (primary N) is 1. The Balaban J connectivity index is 2.52. The number of amides is 2. The summed E-state index contributed by atoms with van der Waals surface area (Å²) in [5, 5.41) is 14.6. The molecule has 0 bridgehead atoms. The van der Waals surface area contributed by atoms with E-state index >= 15 is 0 Å². The van der Waals surface area contributed by atoms with E-state index in [2.05, 4.69) is 10.6 Å². The summed E-state index contributed by atoms with van der Waals surface area (Å²) in [6.45, 7) is 5.31. The number of aromatic hydroxyl groups is 1. The lowest BCUT2D eigenvalue weighted by atomic mass is 10.1. The quantitative estimate of drug-likeness (QED) is 0.597. The van der Waals surface area contributed by atoms with Gasteiger partial charge in [-0.1, -0.05) is 19.9 Å². The Labute approximate surface area is 118 Å².